The monoisotopic (exact) mass is 389 g/mol. The third-order valence-electron chi connectivity index (χ3n) is 4.59. The molecule has 2 aromatic rings. The Morgan fingerprint density at radius 1 is 0.778 bits per heavy atom. The average Bonchev–Trinajstić information content (AvgIpc) is 2.66. The van der Waals surface area contributed by atoms with Crippen LogP contribution in [0.15, 0.2) is 53.4 Å². The molecule has 0 aliphatic carbocycles. The van der Waals surface area contributed by atoms with E-state index in [-0.39, 0.29) is 4.90 Å². The fourth-order valence-electron chi connectivity index (χ4n) is 3.14. The number of hydrogen-bond acceptors (Lipinski definition) is 4. The van der Waals surface area contributed by atoms with E-state index in [4.69, 9.17) is 4.74 Å². The first kappa shape index (κ1) is 21.5. The van der Waals surface area contributed by atoms with E-state index in [1.807, 2.05) is 18.2 Å². The molecule has 0 aliphatic rings. The fourth-order valence-corrected chi connectivity index (χ4v) is 3.83. The van der Waals surface area contributed by atoms with Crippen LogP contribution in [0.5, 0.6) is 5.75 Å². The smallest absolute Gasteiger partial charge is 0.127 e. The molecule has 0 saturated heterocycles. The standard InChI is InChI=1S/C22H30O4S/c1-2-3-4-5-6-7-8-13-18-26-21-16-11-9-14-19(21)20-15-10-12-17-22(20)27(23,24)25/h9-12,14-17H,2-8,13,18H2,1H3,(H,23,24,25)/p-1. The number of hydrogen-bond donors (Lipinski definition) is 0. The summed E-state index contributed by atoms with van der Waals surface area (Å²) in [5.74, 6) is 0.608. The molecule has 0 N–H and O–H groups in total. The molecule has 0 aromatic heterocycles. The maximum Gasteiger partial charge on any atom is 0.127 e. The van der Waals surface area contributed by atoms with Crippen LogP contribution in [0.2, 0.25) is 0 Å². The lowest BCUT2D eigenvalue weighted by Gasteiger charge is -2.16. The van der Waals surface area contributed by atoms with Crippen molar-refractivity contribution in [1.82, 2.24) is 0 Å². The summed E-state index contributed by atoms with van der Waals surface area (Å²) in [5.41, 5.74) is 1.02. The number of ether oxygens (including phenoxy) is 1. The van der Waals surface area contributed by atoms with Crippen molar-refractivity contribution in [3.8, 4) is 16.9 Å². The van der Waals surface area contributed by atoms with Crippen LogP contribution < -0.4 is 4.74 Å². The minimum atomic E-state index is -4.55. The number of para-hydroxylation sites is 1. The van der Waals surface area contributed by atoms with Crippen molar-refractivity contribution in [1.29, 1.82) is 0 Å². The lowest BCUT2D eigenvalue weighted by Crippen LogP contribution is -2.03. The molecule has 0 amide bonds. The molecular weight excluding hydrogens is 360 g/mol. The molecule has 0 radical (unpaired) electrons. The van der Waals surface area contributed by atoms with Gasteiger partial charge in [0.05, 0.1) is 11.5 Å². The van der Waals surface area contributed by atoms with Gasteiger partial charge in [-0.05, 0) is 18.6 Å². The summed E-state index contributed by atoms with van der Waals surface area (Å²) in [4.78, 5) is -0.215. The third-order valence-corrected chi connectivity index (χ3v) is 5.48. The van der Waals surface area contributed by atoms with Crippen molar-refractivity contribution in [3.63, 3.8) is 0 Å². The molecular formula is C22H29O4S-. The van der Waals surface area contributed by atoms with Gasteiger partial charge in [0.2, 0.25) is 0 Å². The van der Waals surface area contributed by atoms with Gasteiger partial charge in [0, 0.05) is 11.1 Å². The summed E-state index contributed by atoms with van der Waals surface area (Å²) in [7, 11) is -4.55. The lowest BCUT2D eigenvalue weighted by molar-refractivity contribution is 0.305. The molecule has 148 valence electrons. The number of benzene rings is 2. The minimum absolute atomic E-state index is 0.215. The van der Waals surface area contributed by atoms with Crippen molar-refractivity contribution >= 4 is 10.1 Å². The summed E-state index contributed by atoms with van der Waals surface area (Å²) in [6.07, 6.45) is 9.78. The van der Waals surface area contributed by atoms with Gasteiger partial charge in [-0.1, -0.05) is 88.3 Å². The predicted octanol–water partition coefficient (Wildman–Crippen LogP) is 5.78. The second-order valence-corrected chi connectivity index (χ2v) is 8.12. The molecule has 0 heterocycles. The van der Waals surface area contributed by atoms with Gasteiger partial charge in [0.1, 0.15) is 15.9 Å². The maximum atomic E-state index is 11.6. The lowest BCUT2D eigenvalue weighted by atomic mass is 10.0. The normalized spacial score (nSPS) is 11.5. The maximum absolute atomic E-state index is 11.6. The molecule has 27 heavy (non-hydrogen) atoms. The summed E-state index contributed by atoms with van der Waals surface area (Å²) in [6, 6.07) is 13.5. The second-order valence-electron chi connectivity index (χ2n) is 6.77. The Hall–Kier alpha value is -1.85. The van der Waals surface area contributed by atoms with Crippen LogP contribution >= 0.6 is 0 Å². The van der Waals surface area contributed by atoms with Crippen LogP contribution in [0.1, 0.15) is 58.3 Å². The van der Waals surface area contributed by atoms with Gasteiger partial charge in [0.25, 0.3) is 0 Å². The average molecular weight is 390 g/mol. The van der Waals surface area contributed by atoms with Gasteiger partial charge in [-0.15, -0.1) is 0 Å². The van der Waals surface area contributed by atoms with Crippen molar-refractivity contribution < 1.29 is 17.7 Å². The summed E-state index contributed by atoms with van der Waals surface area (Å²) in [5, 5.41) is 0. The second kappa shape index (κ2) is 11.1. The highest BCUT2D eigenvalue weighted by molar-refractivity contribution is 7.85. The van der Waals surface area contributed by atoms with E-state index < -0.39 is 10.1 Å². The van der Waals surface area contributed by atoms with Gasteiger partial charge >= 0.3 is 0 Å². The van der Waals surface area contributed by atoms with Gasteiger partial charge < -0.3 is 9.29 Å². The third kappa shape index (κ3) is 7.00. The Bertz CT molecular complexity index is 799. The summed E-state index contributed by atoms with van der Waals surface area (Å²) >= 11 is 0. The van der Waals surface area contributed by atoms with Crippen LogP contribution in [-0.4, -0.2) is 19.6 Å². The largest absolute Gasteiger partial charge is 0.744 e. The molecule has 2 rings (SSSR count). The predicted molar refractivity (Wildman–Crippen MR) is 108 cm³/mol. The first-order valence-electron chi connectivity index (χ1n) is 9.81. The topological polar surface area (TPSA) is 66.4 Å². The summed E-state index contributed by atoms with van der Waals surface area (Å²) in [6.45, 7) is 2.80. The molecule has 0 atom stereocenters. The van der Waals surface area contributed by atoms with Crippen molar-refractivity contribution in [2.75, 3.05) is 6.61 Å². The molecule has 0 saturated carbocycles. The van der Waals surface area contributed by atoms with E-state index in [1.165, 1.54) is 44.6 Å². The van der Waals surface area contributed by atoms with Crippen molar-refractivity contribution in [2.24, 2.45) is 0 Å². The van der Waals surface area contributed by atoms with E-state index in [0.29, 0.717) is 23.5 Å². The highest BCUT2D eigenvalue weighted by Crippen LogP contribution is 2.34. The van der Waals surface area contributed by atoms with Gasteiger partial charge in [-0.2, -0.15) is 0 Å². The minimum Gasteiger partial charge on any atom is -0.744 e. The Balaban J connectivity index is 1.94. The molecule has 2 aromatic carbocycles. The van der Waals surface area contributed by atoms with Gasteiger partial charge in [0.15, 0.2) is 0 Å². The fraction of sp³-hybridized carbons (Fsp3) is 0.455. The van der Waals surface area contributed by atoms with E-state index in [0.717, 1.165) is 12.8 Å². The number of unbranched alkanes of at least 4 members (excludes halogenated alkanes) is 7. The zero-order valence-corrected chi connectivity index (χ0v) is 16.8. The quantitative estimate of drug-likeness (QED) is 0.341. The van der Waals surface area contributed by atoms with Crippen LogP contribution in [0.4, 0.5) is 0 Å². The Morgan fingerprint density at radius 3 is 2.00 bits per heavy atom. The Labute approximate surface area is 163 Å². The zero-order chi connectivity index (χ0) is 19.5. The van der Waals surface area contributed by atoms with Gasteiger partial charge in [-0.3, -0.25) is 0 Å². The first-order chi connectivity index (χ1) is 13.0. The first-order valence-corrected chi connectivity index (χ1v) is 11.2. The molecule has 0 unspecified atom stereocenters. The van der Waals surface area contributed by atoms with Crippen LogP contribution in [-0.2, 0) is 10.1 Å². The van der Waals surface area contributed by atoms with E-state index in [9.17, 15) is 13.0 Å². The van der Waals surface area contributed by atoms with Crippen molar-refractivity contribution in [2.45, 2.75) is 63.2 Å². The van der Waals surface area contributed by atoms with E-state index >= 15 is 0 Å². The zero-order valence-electron chi connectivity index (χ0n) is 16.0. The van der Waals surface area contributed by atoms with E-state index in [2.05, 4.69) is 6.92 Å². The van der Waals surface area contributed by atoms with Crippen molar-refractivity contribution in [3.05, 3.63) is 48.5 Å². The SMILES string of the molecule is CCCCCCCCCCOc1ccccc1-c1ccccc1S(=O)(=O)[O-]. The highest BCUT2D eigenvalue weighted by atomic mass is 32.2. The molecule has 0 fully saturated rings. The Kier molecular flexibility index (Phi) is 8.82. The molecule has 4 nitrogen and oxygen atoms in total. The summed E-state index contributed by atoms with van der Waals surface area (Å²) < 4.78 is 40.6. The molecule has 5 heteroatoms. The van der Waals surface area contributed by atoms with Crippen LogP contribution in [0.25, 0.3) is 11.1 Å². The van der Waals surface area contributed by atoms with Crippen LogP contribution in [0, 0.1) is 0 Å². The molecule has 0 bridgehead atoms. The molecule has 0 spiro atoms. The molecule has 0 aliphatic heterocycles. The number of rotatable bonds is 12. The van der Waals surface area contributed by atoms with Gasteiger partial charge in [-0.25, -0.2) is 8.42 Å². The van der Waals surface area contributed by atoms with Crippen LogP contribution in [0.3, 0.4) is 0 Å². The highest BCUT2D eigenvalue weighted by Gasteiger charge is 2.13. The van der Waals surface area contributed by atoms with E-state index in [1.54, 1.807) is 24.3 Å². The Morgan fingerprint density at radius 2 is 1.33 bits per heavy atom.